The Hall–Kier alpha value is -1.58. The lowest BCUT2D eigenvalue weighted by Crippen LogP contribution is -2.48. The maximum Gasteiger partial charge on any atom is 0.251 e. The Labute approximate surface area is 119 Å². The van der Waals surface area contributed by atoms with Crippen molar-refractivity contribution < 1.29 is 4.79 Å². The Morgan fingerprint density at radius 3 is 2.42 bits per heavy atom. The quantitative estimate of drug-likeness (QED) is 0.907. The van der Waals surface area contributed by atoms with Gasteiger partial charge in [-0.2, -0.15) is 0 Å². The second kappa shape index (κ2) is 6.04. The molecule has 0 fully saturated rings. The lowest BCUT2D eigenvalue weighted by molar-refractivity contribution is 0.0916. The first kappa shape index (κ1) is 15.5. The first-order valence-corrected chi connectivity index (χ1v) is 6.03. The van der Waals surface area contributed by atoms with E-state index in [1.807, 2.05) is 56.3 Å². The predicted molar refractivity (Wildman–Crippen MR) is 81.8 cm³/mol. The summed E-state index contributed by atoms with van der Waals surface area (Å²) in [6.45, 7) is 4.23. The second-order valence-corrected chi connectivity index (χ2v) is 5.10. The molecule has 1 amide bonds. The molecule has 2 aromatic carbocycles. The highest BCUT2D eigenvalue weighted by Gasteiger charge is 2.19. The molecule has 0 radical (unpaired) electrons. The van der Waals surface area contributed by atoms with Gasteiger partial charge in [-0.25, -0.2) is 0 Å². The van der Waals surface area contributed by atoms with E-state index in [9.17, 15) is 4.79 Å². The van der Waals surface area contributed by atoms with Crippen LogP contribution in [0.15, 0.2) is 42.5 Å². The number of benzene rings is 2. The van der Waals surface area contributed by atoms with Crippen molar-refractivity contribution in [3.05, 3.63) is 48.0 Å². The summed E-state index contributed by atoms with van der Waals surface area (Å²) in [7, 11) is 0. The SMILES string of the molecule is CC(C)(CN)NC(=O)c1ccc2ccccc2c1.Cl. The minimum atomic E-state index is -0.386. The molecule has 4 heteroatoms. The summed E-state index contributed by atoms with van der Waals surface area (Å²) >= 11 is 0. The van der Waals surface area contributed by atoms with E-state index in [1.54, 1.807) is 0 Å². The number of nitrogens with one attached hydrogen (secondary N) is 1. The van der Waals surface area contributed by atoms with Gasteiger partial charge in [0.25, 0.3) is 5.91 Å². The molecule has 102 valence electrons. The lowest BCUT2D eigenvalue weighted by atomic mass is 10.0. The number of halogens is 1. The standard InChI is InChI=1S/C15H18N2O.ClH/c1-15(2,10-16)17-14(18)13-8-7-11-5-3-4-6-12(11)9-13;/h3-9H,10,16H2,1-2H3,(H,17,18);1H. The van der Waals surface area contributed by atoms with Crippen LogP contribution in [0.4, 0.5) is 0 Å². The molecule has 3 N–H and O–H groups in total. The molecule has 0 bridgehead atoms. The number of hydrogen-bond acceptors (Lipinski definition) is 2. The minimum Gasteiger partial charge on any atom is -0.346 e. The molecule has 0 saturated heterocycles. The van der Waals surface area contributed by atoms with Crippen molar-refractivity contribution in [2.45, 2.75) is 19.4 Å². The maximum atomic E-state index is 12.1. The van der Waals surface area contributed by atoms with Crippen LogP contribution in [0.3, 0.4) is 0 Å². The van der Waals surface area contributed by atoms with Crippen molar-refractivity contribution in [2.24, 2.45) is 5.73 Å². The van der Waals surface area contributed by atoms with Gasteiger partial charge in [-0.05, 0) is 36.8 Å². The molecular weight excluding hydrogens is 260 g/mol. The van der Waals surface area contributed by atoms with Crippen LogP contribution < -0.4 is 11.1 Å². The molecule has 2 aromatic rings. The van der Waals surface area contributed by atoms with Gasteiger partial charge in [0.15, 0.2) is 0 Å². The third-order valence-electron chi connectivity index (χ3n) is 2.97. The number of carbonyl (C=O) groups excluding carboxylic acids is 1. The molecule has 0 spiro atoms. The van der Waals surface area contributed by atoms with Crippen molar-refractivity contribution in [3.63, 3.8) is 0 Å². The van der Waals surface area contributed by atoms with Gasteiger partial charge in [0.1, 0.15) is 0 Å². The van der Waals surface area contributed by atoms with E-state index in [2.05, 4.69) is 5.32 Å². The number of rotatable bonds is 3. The average Bonchev–Trinajstić information content (AvgIpc) is 2.37. The third kappa shape index (κ3) is 3.69. The highest BCUT2D eigenvalue weighted by Crippen LogP contribution is 2.16. The molecule has 0 aliphatic rings. The summed E-state index contributed by atoms with van der Waals surface area (Å²) < 4.78 is 0. The zero-order chi connectivity index (χ0) is 13.2. The van der Waals surface area contributed by atoms with Gasteiger partial charge in [-0.15, -0.1) is 12.4 Å². The zero-order valence-electron chi connectivity index (χ0n) is 11.1. The number of amides is 1. The van der Waals surface area contributed by atoms with E-state index in [1.165, 1.54) is 0 Å². The maximum absolute atomic E-state index is 12.1. The monoisotopic (exact) mass is 278 g/mol. The highest BCUT2D eigenvalue weighted by molar-refractivity contribution is 5.98. The van der Waals surface area contributed by atoms with Crippen molar-refractivity contribution in [2.75, 3.05) is 6.54 Å². The van der Waals surface area contributed by atoms with Gasteiger partial charge in [-0.3, -0.25) is 4.79 Å². The first-order valence-electron chi connectivity index (χ1n) is 6.03. The number of nitrogens with two attached hydrogens (primary N) is 1. The summed E-state index contributed by atoms with van der Waals surface area (Å²) in [5.74, 6) is -0.0868. The van der Waals surface area contributed by atoms with Crippen LogP contribution in [-0.2, 0) is 0 Å². The molecule has 0 aromatic heterocycles. The highest BCUT2D eigenvalue weighted by atomic mass is 35.5. The van der Waals surface area contributed by atoms with Gasteiger partial charge in [0, 0.05) is 17.6 Å². The van der Waals surface area contributed by atoms with E-state index in [-0.39, 0.29) is 23.9 Å². The topological polar surface area (TPSA) is 55.1 Å². The fourth-order valence-electron chi connectivity index (χ4n) is 1.76. The molecular formula is C15H19ClN2O. The summed E-state index contributed by atoms with van der Waals surface area (Å²) in [5, 5.41) is 5.12. The Bertz CT molecular complexity index is 581. The summed E-state index contributed by atoms with van der Waals surface area (Å²) in [6, 6.07) is 13.7. The number of fused-ring (bicyclic) bond motifs is 1. The smallest absolute Gasteiger partial charge is 0.251 e. The van der Waals surface area contributed by atoms with E-state index >= 15 is 0 Å². The molecule has 3 nitrogen and oxygen atoms in total. The summed E-state index contributed by atoms with van der Waals surface area (Å²) in [5.41, 5.74) is 5.88. The van der Waals surface area contributed by atoms with E-state index in [4.69, 9.17) is 5.73 Å². The third-order valence-corrected chi connectivity index (χ3v) is 2.97. The van der Waals surface area contributed by atoms with Gasteiger partial charge in [0.2, 0.25) is 0 Å². The lowest BCUT2D eigenvalue weighted by Gasteiger charge is -2.24. The molecule has 2 rings (SSSR count). The van der Waals surface area contributed by atoms with E-state index < -0.39 is 0 Å². The van der Waals surface area contributed by atoms with Crippen LogP contribution in [0.2, 0.25) is 0 Å². The Balaban J connectivity index is 0.00000180. The summed E-state index contributed by atoms with van der Waals surface area (Å²) in [6.07, 6.45) is 0. The van der Waals surface area contributed by atoms with E-state index in [0.29, 0.717) is 12.1 Å². The van der Waals surface area contributed by atoms with Crippen LogP contribution in [0.5, 0.6) is 0 Å². The Kier molecular flexibility index (Phi) is 4.92. The van der Waals surface area contributed by atoms with Crippen LogP contribution in [-0.4, -0.2) is 18.0 Å². The van der Waals surface area contributed by atoms with Crippen LogP contribution >= 0.6 is 12.4 Å². The van der Waals surface area contributed by atoms with Gasteiger partial charge >= 0.3 is 0 Å². The molecule has 0 aliphatic heterocycles. The molecule has 0 atom stereocenters. The first-order chi connectivity index (χ1) is 8.52. The van der Waals surface area contributed by atoms with E-state index in [0.717, 1.165) is 10.8 Å². The van der Waals surface area contributed by atoms with Crippen molar-refractivity contribution in [1.29, 1.82) is 0 Å². The number of carbonyl (C=O) groups is 1. The van der Waals surface area contributed by atoms with Crippen LogP contribution in [0, 0.1) is 0 Å². The Morgan fingerprint density at radius 2 is 1.79 bits per heavy atom. The van der Waals surface area contributed by atoms with Crippen molar-refractivity contribution in [1.82, 2.24) is 5.32 Å². The zero-order valence-corrected chi connectivity index (χ0v) is 12.0. The van der Waals surface area contributed by atoms with Crippen molar-refractivity contribution >= 4 is 29.1 Å². The number of hydrogen-bond donors (Lipinski definition) is 2. The molecule has 0 saturated carbocycles. The largest absolute Gasteiger partial charge is 0.346 e. The molecule has 0 unspecified atom stereocenters. The fourth-order valence-corrected chi connectivity index (χ4v) is 1.76. The predicted octanol–water partition coefficient (Wildman–Crippen LogP) is 2.73. The normalized spacial score (nSPS) is 10.9. The minimum absolute atomic E-state index is 0. The van der Waals surface area contributed by atoms with Crippen LogP contribution in [0.1, 0.15) is 24.2 Å². The van der Waals surface area contributed by atoms with Gasteiger partial charge in [0.05, 0.1) is 0 Å². The molecule has 19 heavy (non-hydrogen) atoms. The second-order valence-electron chi connectivity index (χ2n) is 5.10. The summed E-state index contributed by atoms with van der Waals surface area (Å²) in [4.78, 5) is 12.1. The van der Waals surface area contributed by atoms with Gasteiger partial charge in [-0.1, -0.05) is 30.3 Å². The average molecular weight is 279 g/mol. The molecule has 0 heterocycles. The van der Waals surface area contributed by atoms with Gasteiger partial charge < -0.3 is 11.1 Å². The van der Waals surface area contributed by atoms with Crippen LogP contribution in [0.25, 0.3) is 10.8 Å². The Morgan fingerprint density at radius 1 is 1.16 bits per heavy atom. The fraction of sp³-hybridized carbons (Fsp3) is 0.267. The van der Waals surface area contributed by atoms with Crippen molar-refractivity contribution in [3.8, 4) is 0 Å². The molecule has 0 aliphatic carbocycles.